The number of imidazole rings is 1. The van der Waals surface area contributed by atoms with Crippen LogP contribution in [0.25, 0.3) is 5.82 Å². The van der Waals surface area contributed by atoms with E-state index in [0.717, 1.165) is 0 Å². The van der Waals surface area contributed by atoms with Crippen LogP contribution in [0.15, 0.2) is 59.9 Å². The smallest absolute Gasteiger partial charge is 0.251 e. The highest BCUT2D eigenvalue weighted by molar-refractivity contribution is 5.94. The van der Waals surface area contributed by atoms with Crippen LogP contribution in [0.1, 0.15) is 22.2 Å². The summed E-state index contributed by atoms with van der Waals surface area (Å²) in [7, 11) is 0. The lowest BCUT2D eigenvalue weighted by Gasteiger charge is -2.10. The Morgan fingerprint density at radius 1 is 1.41 bits per heavy atom. The Bertz CT molecular complexity index is 738. The molecule has 1 atom stereocenters. The summed E-state index contributed by atoms with van der Waals surface area (Å²) in [5, 5.41) is 12.5. The molecule has 3 aromatic heterocycles. The molecule has 0 radical (unpaired) electrons. The molecule has 7 nitrogen and oxygen atoms in total. The van der Waals surface area contributed by atoms with Crippen molar-refractivity contribution in [3.8, 4) is 5.82 Å². The van der Waals surface area contributed by atoms with Gasteiger partial charge in [-0.3, -0.25) is 9.36 Å². The van der Waals surface area contributed by atoms with E-state index in [2.05, 4.69) is 15.3 Å². The summed E-state index contributed by atoms with van der Waals surface area (Å²) >= 11 is 0. The highest BCUT2D eigenvalue weighted by atomic mass is 16.4. The zero-order valence-electron chi connectivity index (χ0n) is 11.6. The maximum Gasteiger partial charge on any atom is 0.251 e. The van der Waals surface area contributed by atoms with Crippen LogP contribution in [-0.2, 0) is 0 Å². The van der Waals surface area contributed by atoms with Crippen molar-refractivity contribution >= 4 is 5.91 Å². The first-order chi connectivity index (χ1) is 10.7. The first kappa shape index (κ1) is 14.0. The number of nitrogens with one attached hydrogen (secondary N) is 1. The standard InChI is InChI=1S/C15H14N4O3/c20-12(13-2-1-7-22-13)9-18-15(21)11-3-4-17-14(8-11)19-6-5-16-10-19/h1-8,10,12,20H,9H2,(H,18,21). The van der Waals surface area contributed by atoms with Gasteiger partial charge in [0.05, 0.1) is 12.8 Å². The maximum absolute atomic E-state index is 12.1. The SMILES string of the molecule is O=C(NCC(O)c1ccco1)c1ccnc(-n2ccnc2)c1. The van der Waals surface area contributed by atoms with Crippen LogP contribution >= 0.6 is 0 Å². The monoisotopic (exact) mass is 298 g/mol. The molecule has 1 unspecified atom stereocenters. The zero-order chi connectivity index (χ0) is 15.4. The fraction of sp³-hybridized carbons (Fsp3) is 0.133. The van der Waals surface area contributed by atoms with E-state index in [1.54, 1.807) is 53.8 Å². The van der Waals surface area contributed by atoms with Crippen LogP contribution < -0.4 is 5.32 Å². The molecule has 0 spiro atoms. The first-order valence-electron chi connectivity index (χ1n) is 6.68. The lowest BCUT2D eigenvalue weighted by molar-refractivity contribution is 0.0901. The van der Waals surface area contributed by atoms with Crippen LogP contribution in [-0.4, -0.2) is 32.1 Å². The third-order valence-electron chi connectivity index (χ3n) is 3.10. The molecule has 112 valence electrons. The Morgan fingerprint density at radius 3 is 3.05 bits per heavy atom. The molecular formula is C15H14N4O3. The van der Waals surface area contributed by atoms with Crippen LogP contribution in [0.2, 0.25) is 0 Å². The summed E-state index contributed by atoms with van der Waals surface area (Å²) in [5.74, 6) is 0.709. The number of rotatable bonds is 5. The van der Waals surface area contributed by atoms with E-state index in [1.165, 1.54) is 6.26 Å². The summed E-state index contributed by atoms with van der Waals surface area (Å²) in [5.41, 5.74) is 0.449. The zero-order valence-corrected chi connectivity index (χ0v) is 11.6. The minimum absolute atomic E-state index is 0.0646. The van der Waals surface area contributed by atoms with Crippen LogP contribution in [0.3, 0.4) is 0 Å². The Kier molecular flexibility index (Phi) is 3.97. The largest absolute Gasteiger partial charge is 0.467 e. The molecule has 0 saturated heterocycles. The van der Waals surface area contributed by atoms with E-state index < -0.39 is 6.10 Å². The third kappa shape index (κ3) is 3.04. The molecular weight excluding hydrogens is 284 g/mol. The number of amides is 1. The minimum atomic E-state index is -0.881. The summed E-state index contributed by atoms with van der Waals surface area (Å²) < 4.78 is 6.78. The van der Waals surface area contributed by atoms with Crippen molar-refractivity contribution in [1.82, 2.24) is 19.9 Å². The summed E-state index contributed by atoms with van der Waals surface area (Å²) in [4.78, 5) is 20.3. The van der Waals surface area contributed by atoms with Crippen molar-refractivity contribution in [1.29, 1.82) is 0 Å². The van der Waals surface area contributed by atoms with E-state index in [0.29, 0.717) is 17.1 Å². The number of carbonyl (C=O) groups excluding carboxylic acids is 1. The number of nitrogens with zero attached hydrogens (tertiary/aromatic N) is 3. The topological polar surface area (TPSA) is 93.2 Å². The number of carbonyl (C=O) groups is 1. The second kappa shape index (κ2) is 6.23. The highest BCUT2D eigenvalue weighted by Crippen LogP contribution is 2.12. The van der Waals surface area contributed by atoms with Gasteiger partial charge in [-0.05, 0) is 24.3 Å². The fourth-order valence-corrected chi connectivity index (χ4v) is 1.97. The molecule has 22 heavy (non-hydrogen) atoms. The van der Waals surface area contributed by atoms with Gasteiger partial charge in [-0.15, -0.1) is 0 Å². The van der Waals surface area contributed by atoms with Crippen molar-refractivity contribution in [2.24, 2.45) is 0 Å². The second-order valence-electron chi connectivity index (χ2n) is 4.61. The Hall–Kier alpha value is -2.93. The van der Waals surface area contributed by atoms with Crippen molar-refractivity contribution in [3.05, 3.63) is 66.8 Å². The van der Waals surface area contributed by atoms with Crippen LogP contribution in [0.4, 0.5) is 0 Å². The molecule has 1 amide bonds. The summed E-state index contributed by atoms with van der Waals surface area (Å²) in [6.45, 7) is 0.0646. The quantitative estimate of drug-likeness (QED) is 0.741. The van der Waals surface area contributed by atoms with Crippen molar-refractivity contribution < 1.29 is 14.3 Å². The number of furan rings is 1. The number of hydrogen-bond acceptors (Lipinski definition) is 5. The van der Waals surface area contributed by atoms with Gasteiger partial charge in [0.15, 0.2) is 0 Å². The molecule has 0 aliphatic carbocycles. The van der Waals surface area contributed by atoms with Gasteiger partial charge in [0.1, 0.15) is 24.0 Å². The van der Waals surface area contributed by atoms with Crippen LogP contribution in [0, 0.1) is 0 Å². The van der Waals surface area contributed by atoms with Gasteiger partial charge in [-0.25, -0.2) is 9.97 Å². The number of aliphatic hydroxyl groups excluding tert-OH is 1. The predicted octanol–water partition coefficient (Wildman–Crippen LogP) is 1.32. The van der Waals surface area contributed by atoms with Crippen molar-refractivity contribution in [3.63, 3.8) is 0 Å². The second-order valence-corrected chi connectivity index (χ2v) is 4.61. The molecule has 0 aliphatic heterocycles. The fourth-order valence-electron chi connectivity index (χ4n) is 1.97. The lowest BCUT2D eigenvalue weighted by Crippen LogP contribution is -2.28. The molecule has 0 saturated carbocycles. The molecule has 2 N–H and O–H groups in total. The van der Waals surface area contributed by atoms with Crippen molar-refractivity contribution in [2.45, 2.75) is 6.10 Å². The van der Waals surface area contributed by atoms with E-state index in [9.17, 15) is 9.90 Å². The minimum Gasteiger partial charge on any atom is -0.467 e. The molecule has 0 aromatic carbocycles. The summed E-state index contributed by atoms with van der Waals surface area (Å²) in [6.07, 6.45) is 7.12. The number of aliphatic hydroxyl groups is 1. The third-order valence-corrected chi connectivity index (χ3v) is 3.10. The highest BCUT2D eigenvalue weighted by Gasteiger charge is 2.13. The van der Waals surface area contributed by atoms with E-state index in [1.807, 2.05) is 0 Å². The van der Waals surface area contributed by atoms with Gasteiger partial charge in [-0.1, -0.05) is 0 Å². The van der Waals surface area contributed by atoms with E-state index in [4.69, 9.17) is 4.42 Å². The van der Waals surface area contributed by atoms with Gasteiger partial charge in [0.25, 0.3) is 5.91 Å². The van der Waals surface area contributed by atoms with E-state index >= 15 is 0 Å². The Labute approximate surface area is 126 Å². The van der Waals surface area contributed by atoms with E-state index in [-0.39, 0.29) is 12.5 Å². The molecule has 0 aliphatic rings. The first-order valence-corrected chi connectivity index (χ1v) is 6.68. The predicted molar refractivity (Wildman–Crippen MR) is 77.4 cm³/mol. The van der Waals surface area contributed by atoms with Gasteiger partial charge < -0.3 is 14.8 Å². The van der Waals surface area contributed by atoms with Gasteiger partial charge >= 0.3 is 0 Å². The number of aromatic nitrogens is 3. The summed E-state index contributed by atoms with van der Waals surface area (Å²) in [6, 6.07) is 6.59. The molecule has 7 heteroatoms. The number of pyridine rings is 1. The lowest BCUT2D eigenvalue weighted by atomic mass is 10.2. The van der Waals surface area contributed by atoms with Gasteiger partial charge in [0, 0.05) is 24.2 Å². The molecule has 3 aromatic rings. The van der Waals surface area contributed by atoms with Gasteiger partial charge in [-0.2, -0.15) is 0 Å². The van der Waals surface area contributed by atoms with Crippen LogP contribution in [0.5, 0.6) is 0 Å². The number of hydrogen-bond donors (Lipinski definition) is 2. The van der Waals surface area contributed by atoms with Gasteiger partial charge in [0.2, 0.25) is 0 Å². The molecule has 3 heterocycles. The van der Waals surface area contributed by atoms with Crippen molar-refractivity contribution in [2.75, 3.05) is 6.54 Å². The molecule has 0 fully saturated rings. The maximum atomic E-state index is 12.1. The molecule has 0 bridgehead atoms. The Balaban J connectivity index is 1.66. The average molecular weight is 298 g/mol. The normalized spacial score (nSPS) is 12.0. The Morgan fingerprint density at radius 2 is 2.32 bits per heavy atom. The average Bonchev–Trinajstić information content (AvgIpc) is 3.25. The molecule has 3 rings (SSSR count).